The van der Waals surface area contributed by atoms with Gasteiger partial charge in [0.2, 0.25) is 15.9 Å². The van der Waals surface area contributed by atoms with Gasteiger partial charge in [0.25, 0.3) is 0 Å². The molecule has 0 radical (unpaired) electrons. The lowest BCUT2D eigenvalue weighted by Gasteiger charge is -2.19. The van der Waals surface area contributed by atoms with Crippen LogP contribution in [-0.4, -0.2) is 39.5 Å². The fourth-order valence-corrected chi connectivity index (χ4v) is 4.87. The number of esters is 1. The van der Waals surface area contributed by atoms with Gasteiger partial charge in [0.15, 0.2) is 0 Å². The van der Waals surface area contributed by atoms with E-state index in [1.807, 2.05) is 6.07 Å². The third-order valence-electron chi connectivity index (χ3n) is 5.07. The summed E-state index contributed by atoms with van der Waals surface area (Å²) in [7, 11) is -4.11. The predicted molar refractivity (Wildman–Crippen MR) is 138 cm³/mol. The van der Waals surface area contributed by atoms with Crippen molar-refractivity contribution in [1.29, 1.82) is 0 Å². The summed E-state index contributed by atoms with van der Waals surface area (Å²) in [5.74, 6) is -0.676. The Hall–Kier alpha value is -3.40. The third-order valence-corrected chi connectivity index (χ3v) is 6.84. The molecule has 1 atom stereocenters. The van der Waals surface area contributed by atoms with E-state index in [2.05, 4.69) is 10.0 Å². The number of benzene rings is 3. The Morgan fingerprint density at radius 3 is 2.25 bits per heavy atom. The number of amides is 1. The van der Waals surface area contributed by atoms with Crippen molar-refractivity contribution in [1.82, 2.24) is 4.72 Å². The van der Waals surface area contributed by atoms with Gasteiger partial charge in [-0.05, 0) is 68.3 Å². The van der Waals surface area contributed by atoms with Gasteiger partial charge in [-0.3, -0.25) is 4.79 Å². The molecule has 2 N–H and O–H groups in total. The number of hydrogen-bond acceptors (Lipinski definition) is 6. The molecule has 0 heterocycles. The zero-order valence-corrected chi connectivity index (χ0v) is 21.4. The van der Waals surface area contributed by atoms with Crippen LogP contribution in [0, 0.1) is 0 Å². The first-order valence-corrected chi connectivity index (χ1v) is 13.2. The number of anilines is 1. The van der Waals surface area contributed by atoms with Crippen LogP contribution in [0.15, 0.2) is 77.7 Å². The van der Waals surface area contributed by atoms with Crippen molar-refractivity contribution < 1.29 is 27.5 Å². The second kappa shape index (κ2) is 12.5. The molecule has 0 saturated heterocycles. The normalized spacial score (nSPS) is 12.0. The van der Waals surface area contributed by atoms with Crippen LogP contribution in [-0.2, 0) is 26.0 Å². The Bertz CT molecular complexity index is 1300. The van der Waals surface area contributed by atoms with Crippen molar-refractivity contribution in [2.24, 2.45) is 0 Å². The average molecular weight is 531 g/mol. The van der Waals surface area contributed by atoms with Crippen molar-refractivity contribution >= 4 is 39.2 Å². The van der Waals surface area contributed by atoms with E-state index in [1.54, 1.807) is 50.2 Å². The summed E-state index contributed by atoms with van der Waals surface area (Å²) in [6.45, 7) is 4.13. The molecule has 0 aliphatic rings. The highest BCUT2D eigenvalue weighted by Gasteiger charge is 2.27. The maximum atomic E-state index is 13.2. The quantitative estimate of drug-likeness (QED) is 0.354. The maximum Gasteiger partial charge on any atom is 0.338 e. The molecule has 0 fully saturated rings. The predicted octanol–water partition coefficient (Wildman–Crippen LogP) is 4.44. The van der Waals surface area contributed by atoms with Gasteiger partial charge in [0.05, 0.1) is 28.7 Å². The fourth-order valence-electron chi connectivity index (χ4n) is 3.35. The Labute approximate surface area is 215 Å². The number of ether oxygens (including phenoxy) is 2. The van der Waals surface area contributed by atoms with E-state index in [9.17, 15) is 18.0 Å². The monoisotopic (exact) mass is 530 g/mol. The molecule has 0 aliphatic carbocycles. The topological polar surface area (TPSA) is 111 Å². The molecule has 1 amide bonds. The van der Waals surface area contributed by atoms with Crippen LogP contribution in [0.4, 0.5) is 5.69 Å². The number of sulfonamides is 1. The number of rotatable bonds is 11. The van der Waals surface area contributed by atoms with Gasteiger partial charge in [-0.25, -0.2) is 13.2 Å². The van der Waals surface area contributed by atoms with Gasteiger partial charge in [-0.15, -0.1) is 0 Å². The largest absolute Gasteiger partial charge is 0.492 e. The number of carbonyl (C=O) groups is 2. The summed E-state index contributed by atoms with van der Waals surface area (Å²) in [4.78, 5) is 24.9. The minimum Gasteiger partial charge on any atom is -0.492 e. The van der Waals surface area contributed by atoms with Gasteiger partial charge < -0.3 is 14.8 Å². The summed E-state index contributed by atoms with van der Waals surface area (Å²) in [5, 5.41) is 2.85. The Morgan fingerprint density at radius 1 is 0.944 bits per heavy atom. The summed E-state index contributed by atoms with van der Waals surface area (Å²) < 4.78 is 39.1. The van der Waals surface area contributed by atoms with Gasteiger partial charge in [0, 0.05) is 5.69 Å². The highest BCUT2D eigenvalue weighted by atomic mass is 35.5. The molecule has 0 aromatic heterocycles. The first-order valence-electron chi connectivity index (χ1n) is 11.3. The lowest BCUT2D eigenvalue weighted by atomic mass is 10.1. The van der Waals surface area contributed by atoms with Crippen LogP contribution >= 0.6 is 11.6 Å². The summed E-state index contributed by atoms with van der Waals surface area (Å²) in [5.41, 5.74) is 1.50. The molecule has 36 heavy (non-hydrogen) atoms. The SMILES string of the molecule is CCOC(=O)c1ccc(NC(=O)[C@H](Cc2ccccc2)NS(=O)(=O)c2ccc(OCC)c(Cl)c2)cc1. The molecule has 3 rings (SSSR count). The van der Waals surface area contributed by atoms with E-state index < -0.39 is 27.9 Å². The van der Waals surface area contributed by atoms with E-state index in [0.717, 1.165) is 5.56 Å². The van der Waals surface area contributed by atoms with Gasteiger partial charge in [-0.1, -0.05) is 41.9 Å². The zero-order chi connectivity index (χ0) is 26.1. The molecular weight excluding hydrogens is 504 g/mol. The molecule has 0 unspecified atom stereocenters. The number of nitrogens with one attached hydrogen (secondary N) is 2. The second-order valence-corrected chi connectivity index (χ2v) is 9.80. The van der Waals surface area contributed by atoms with Crippen molar-refractivity contribution in [2.75, 3.05) is 18.5 Å². The number of hydrogen-bond donors (Lipinski definition) is 2. The van der Waals surface area contributed by atoms with E-state index in [-0.39, 0.29) is 22.9 Å². The second-order valence-electron chi connectivity index (χ2n) is 7.68. The summed E-state index contributed by atoms with van der Waals surface area (Å²) in [6.07, 6.45) is 0.109. The minimum atomic E-state index is -4.11. The molecule has 10 heteroatoms. The van der Waals surface area contributed by atoms with Crippen LogP contribution in [0.25, 0.3) is 0 Å². The van der Waals surface area contributed by atoms with Gasteiger partial charge in [-0.2, -0.15) is 4.72 Å². The smallest absolute Gasteiger partial charge is 0.338 e. The van der Waals surface area contributed by atoms with E-state index >= 15 is 0 Å². The summed E-state index contributed by atoms with van der Waals surface area (Å²) in [6, 6.07) is 18.2. The molecule has 190 valence electrons. The molecule has 0 spiro atoms. The van der Waals surface area contributed by atoms with Crippen LogP contribution < -0.4 is 14.8 Å². The first kappa shape index (κ1) is 27.2. The molecule has 0 saturated carbocycles. The summed E-state index contributed by atoms with van der Waals surface area (Å²) >= 11 is 6.18. The third kappa shape index (κ3) is 7.30. The Kier molecular flexibility index (Phi) is 9.46. The van der Waals surface area contributed by atoms with Gasteiger partial charge in [0.1, 0.15) is 11.8 Å². The first-order chi connectivity index (χ1) is 17.2. The number of halogens is 1. The van der Waals surface area contributed by atoms with Crippen molar-refractivity contribution in [3.8, 4) is 5.75 Å². The van der Waals surface area contributed by atoms with Crippen LogP contribution in [0.1, 0.15) is 29.8 Å². The number of carbonyl (C=O) groups excluding carboxylic acids is 2. The lowest BCUT2D eigenvalue weighted by Crippen LogP contribution is -2.45. The maximum absolute atomic E-state index is 13.2. The molecule has 0 aliphatic heterocycles. The minimum absolute atomic E-state index is 0.0967. The lowest BCUT2D eigenvalue weighted by molar-refractivity contribution is -0.117. The molecule has 3 aromatic rings. The fraction of sp³-hybridized carbons (Fsp3) is 0.231. The molecule has 0 bridgehead atoms. The Balaban J connectivity index is 1.82. The van der Waals surface area contributed by atoms with E-state index in [0.29, 0.717) is 23.6 Å². The van der Waals surface area contributed by atoms with E-state index in [4.69, 9.17) is 21.1 Å². The molecule has 8 nitrogen and oxygen atoms in total. The Morgan fingerprint density at radius 2 is 1.64 bits per heavy atom. The highest BCUT2D eigenvalue weighted by Crippen LogP contribution is 2.27. The van der Waals surface area contributed by atoms with Crippen molar-refractivity contribution in [3.05, 3.63) is 88.9 Å². The molecule has 3 aromatic carbocycles. The van der Waals surface area contributed by atoms with Crippen molar-refractivity contribution in [3.63, 3.8) is 0 Å². The van der Waals surface area contributed by atoms with Crippen LogP contribution in [0.5, 0.6) is 5.75 Å². The van der Waals surface area contributed by atoms with Crippen LogP contribution in [0.2, 0.25) is 5.02 Å². The average Bonchev–Trinajstić information content (AvgIpc) is 2.86. The van der Waals surface area contributed by atoms with E-state index in [1.165, 1.54) is 30.3 Å². The van der Waals surface area contributed by atoms with Crippen LogP contribution in [0.3, 0.4) is 0 Å². The highest BCUT2D eigenvalue weighted by molar-refractivity contribution is 7.89. The van der Waals surface area contributed by atoms with Gasteiger partial charge >= 0.3 is 5.97 Å². The van der Waals surface area contributed by atoms with Crippen molar-refractivity contribution in [2.45, 2.75) is 31.2 Å². The standard InChI is InChI=1S/C26H27ClN2O6S/c1-3-34-24-15-14-21(17-22(24)27)36(32,33)29-23(16-18-8-6-5-7-9-18)25(30)28-20-12-10-19(11-13-20)26(31)35-4-2/h5-15,17,23,29H,3-4,16H2,1-2H3,(H,28,30)/t23-/m0/s1. The molecular formula is C26H27ClN2O6S. The zero-order valence-electron chi connectivity index (χ0n) is 19.9.